The lowest BCUT2D eigenvalue weighted by Gasteiger charge is -2.21. The van der Waals surface area contributed by atoms with Gasteiger partial charge in [-0.05, 0) is 26.0 Å². The van der Waals surface area contributed by atoms with Gasteiger partial charge in [-0.3, -0.25) is 0 Å². The number of hydrogen-bond donors (Lipinski definition) is 2. The SMILES string of the molecule is CNc1ncnc(NC2CCCC2SC)c1C. The van der Waals surface area contributed by atoms with Crippen LogP contribution < -0.4 is 10.6 Å². The largest absolute Gasteiger partial charge is 0.373 e. The van der Waals surface area contributed by atoms with E-state index in [-0.39, 0.29) is 0 Å². The van der Waals surface area contributed by atoms with Gasteiger partial charge in [0.25, 0.3) is 0 Å². The van der Waals surface area contributed by atoms with Crippen LogP contribution in [0.2, 0.25) is 0 Å². The van der Waals surface area contributed by atoms with Gasteiger partial charge in [-0.2, -0.15) is 11.8 Å². The molecule has 1 heterocycles. The molecule has 1 saturated carbocycles. The van der Waals surface area contributed by atoms with Crippen LogP contribution in [0.4, 0.5) is 11.6 Å². The van der Waals surface area contributed by atoms with Crippen molar-refractivity contribution in [2.75, 3.05) is 23.9 Å². The minimum absolute atomic E-state index is 0.545. The Morgan fingerprint density at radius 2 is 2.06 bits per heavy atom. The fourth-order valence-electron chi connectivity index (χ4n) is 2.40. The van der Waals surface area contributed by atoms with Crippen molar-refractivity contribution in [3.05, 3.63) is 11.9 Å². The molecule has 0 amide bonds. The van der Waals surface area contributed by atoms with Crippen molar-refractivity contribution in [2.45, 2.75) is 37.5 Å². The molecule has 0 aliphatic heterocycles. The molecule has 94 valence electrons. The molecule has 17 heavy (non-hydrogen) atoms. The van der Waals surface area contributed by atoms with Gasteiger partial charge in [0.15, 0.2) is 0 Å². The molecule has 0 spiro atoms. The molecular formula is C12H20N4S. The van der Waals surface area contributed by atoms with Gasteiger partial charge in [0, 0.05) is 23.9 Å². The Morgan fingerprint density at radius 1 is 1.29 bits per heavy atom. The average Bonchev–Trinajstić information content (AvgIpc) is 2.79. The lowest BCUT2D eigenvalue weighted by Crippen LogP contribution is -2.26. The van der Waals surface area contributed by atoms with Crippen molar-refractivity contribution in [1.82, 2.24) is 9.97 Å². The molecule has 0 radical (unpaired) electrons. The van der Waals surface area contributed by atoms with Crippen LogP contribution in [-0.4, -0.2) is 34.6 Å². The first-order valence-electron chi connectivity index (χ1n) is 6.05. The van der Waals surface area contributed by atoms with E-state index in [0.717, 1.165) is 17.2 Å². The number of aromatic nitrogens is 2. The summed E-state index contributed by atoms with van der Waals surface area (Å²) < 4.78 is 0. The van der Waals surface area contributed by atoms with Gasteiger partial charge in [0.2, 0.25) is 0 Å². The van der Waals surface area contributed by atoms with E-state index in [1.807, 2.05) is 18.8 Å². The first kappa shape index (κ1) is 12.5. The van der Waals surface area contributed by atoms with Crippen LogP contribution in [-0.2, 0) is 0 Å². The fraction of sp³-hybridized carbons (Fsp3) is 0.667. The van der Waals surface area contributed by atoms with Gasteiger partial charge >= 0.3 is 0 Å². The molecule has 2 N–H and O–H groups in total. The highest BCUT2D eigenvalue weighted by Gasteiger charge is 2.27. The van der Waals surface area contributed by atoms with Crippen LogP contribution in [0.5, 0.6) is 0 Å². The molecule has 1 fully saturated rings. The highest BCUT2D eigenvalue weighted by Crippen LogP contribution is 2.31. The molecule has 0 bridgehead atoms. The predicted octanol–water partition coefficient (Wildman–Crippen LogP) is 2.52. The van der Waals surface area contributed by atoms with Gasteiger partial charge in [-0.1, -0.05) is 6.42 Å². The van der Waals surface area contributed by atoms with Crippen molar-refractivity contribution in [3.63, 3.8) is 0 Å². The van der Waals surface area contributed by atoms with Gasteiger partial charge in [-0.25, -0.2) is 9.97 Å². The van der Waals surface area contributed by atoms with Crippen molar-refractivity contribution in [3.8, 4) is 0 Å². The third-order valence-electron chi connectivity index (χ3n) is 3.40. The second kappa shape index (κ2) is 5.58. The first-order chi connectivity index (χ1) is 8.26. The summed E-state index contributed by atoms with van der Waals surface area (Å²) in [7, 11) is 1.89. The molecule has 2 atom stereocenters. The lowest BCUT2D eigenvalue weighted by molar-refractivity contribution is 0.761. The van der Waals surface area contributed by atoms with Gasteiger partial charge in [0.1, 0.15) is 18.0 Å². The Bertz CT molecular complexity index is 383. The van der Waals surface area contributed by atoms with E-state index < -0.39 is 0 Å². The molecular weight excluding hydrogens is 232 g/mol. The minimum Gasteiger partial charge on any atom is -0.373 e. The smallest absolute Gasteiger partial charge is 0.134 e. The summed E-state index contributed by atoms with van der Waals surface area (Å²) in [6, 6.07) is 0.545. The summed E-state index contributed by atoms with van der Waals surface area (Å²) >= 11 is 1.95. The molecule has 1 aliphatic carbocycles. The Hall–Kier alpha value is -0.970. The number of anilines is 2. The van der Waals surface area contributed by atoms with Gasteiger partial charge in [-0.15, -0.1) is 0 Å². The predicted molar refractivity (Wildman–Crippen MR) is 74.9 cm³/mol. The molecule has 1 aromatic rings. The molecule has 0 saturated heterocycles. The molecule has 0 aromatic carbocycles. The summed E-state index contributed by atoms with van der Waals surface area (Å²) in [6.07, 6.45) is 7.67. The van der Waals surface area contributed by atoms with E-state index in [2.05, 4.69) is 33.8 Å². The quantitative estimate of drug-likeness (QED) is 0.862. The van der Waals surface area contributed by atoms with Gasteiger partial charge < -0.3 is 10.6 Å². The van der Waals surface area contributed by atoms with Crippen LogP contribution in [0.1, 0.15) is 24.8 Å². The molecule has 1 aliphatic rings. The van der Waals surface area contributed by atoms with E-state index in [0.29, 0.717) is 11.3 Å². The summed E-state index contributed by atoms with van der Waals surface area (Å²) in [4.78, 5) is 8.55. The van der Waals surface area contributed by atoms with E-state index in [1.54, 1.807) is 6.33 Å². The zero-order valence-electron chi connectivity index (χ0n) is 10.7. The second-order valence-electron chi connectivity index (χ2n) is 4.40. The molecule has 5 heteroatoms. The Labute approximate surface area is 107 Å². The lowest BCUT2D eigenvalue weighted by atomic mass is 10.2. The van der Waals surface area contributed by atoms with Crippen LogP contribution in [0, 0.1) is 6.92 Å². The van der Waals surface area contributed by atoms with Crippen LogP contribution in [0.3, 0.4) is 0 Å². The third kappa shape index (κ3) is 2.65. The van der Waals surface area contributed by atoms with Crippen LogP contribution >= 0.6 is 11.8 Å². The second-order valence-corrected chi connectivity index (χ2v) is 5.48. The van der Waals surface area contributed by atoms with E-state index >= 15 is 0 Å². The van der Waals surface area contributed by atoms with Crippen LogP contribution in [0.25, 0.3) is 0 Å². The van der Waals surface area contributed by atoms with Crippen molar-refractivity contribution >= 4 is 23.4 Å². The number of nitrogens with one attached hydrogen (secondary N) is 2. The van der Waals surface area contributed by atoms with E-state index in [1.165, 1.54) is 19.3 Å². The average molecular weight is 252 g/mol. The number of thioether (sulfide) groups is 1. The highest BCUT2D eigenvalue weighted by molar-refractivity contribution is 7.99. The maximum absolute atomic E-state index is 4.35. The summed E-state index contributed by atoms with van der Waals surface area (Å²) in [5, 5.41) is 7.37. The monoisotopic (exact) mass is 252 g/mol. The molecule has 4 nitrogen and oxygen atoms in total. The maximum atomic E-state index is 4.35. The fourth-order valence-corrected chi connectivity index (χ4v) is 3.33. The van der Waals surface area contributed by atoms with Crippen molar-refractivity contribution in [2.24, 2.45) is 0 Å². The highest BCUT2D eigenvalue weighted by atomic mass is 32.2. The normalized spacial score (nSPS) is 23.7. The molecule has 2 rings (SSSR count). The first-order valence-corrected chi connectivity index (χ1v) is 7.33. The third-order valence-corrected chi connectivity index (χ3v) is 4.57. The Kier molecular flexibility index (Phi) is 4.10. The molecule has 1 aromatic heterocycles. The summed E-state index contributed by atoms with van der Waals surface area (Å²) in [6.45, 7) is 2.05. The van der Waals surface area contributed by atoms with Crippen molar-refractivity contribution < 1.29 is 0 Å². The standard InChI is InChI=1S/C12H20N4S/c1-8-11(13-2)14-7-15-12(8)16-9-5-4-6-10(9)17-3/h7,9-10H,4-6H2,1-3H3,(H2,13,14,15,16). The number of nitrogens with zero attached hydrogens (tertiary/aromatic N) is 2. The summed E-state index contributed by atoms with van der Waals surface area (Å²) in [5.41, 5.74) is 1.10. The zero-order chi connectivity index (χ0) is 12.3. The number of hydrogen-bond acceptors (Lipinski definition) is 5. The topological polar surface area (TPSA) is 49.8 Å². The van der Waals surface area contributed by atoms with Gasteiger partial charge in [0.05, 0.1) is 0 Å². The van der Waals surface area contributed by atoms with E-state index in [4.69, 9.17) is 0 Å². The van der Waals surface area contributed by atoms with Crippen molar-refractivity contribution in [1.29, 1.82) is 0 Å². The Balaban J connectivity index is 2.13. The number of rotatable bonds is 4. The zero-order valence-corrected chi connectivity index (χ0v) is 11.5. The molecule has 2 unspecified atom stereocenters. The van der Waals surface area contributed by atoms with E-state index in [9.17, 15) is 0 Å². The van der Waals surface area contributed by atoms with Crippen LogP contribution in [0.15, 0.2) is 6.33 Å². The minimum atomic E-state index is 0.545. The maximum Gasteiger partial charge on any atom is 0.134 e. The Morgan fingerprint density at radius 3 is 2.76 bits per heavy atom. The summed E-state index contributed by atoms with van der Waals surface area (Å²) in [5.74, 6) is 1.87.